The summed E-state index contributed by atoms with van der Waals surface area (Å²) >= 11 is 3.16. The topological polar surface area (TPSA) is 103 Å². The Morgan fingerprint density at radius 2 is 1.71 bits per heavy atom. The Labute approximate surface area is 129 Å². The molecule has 2 heterocycles. The van der Waals surface area contributed by atoms with Crippen molar-refractivity contribution in [2.45, 2.75) is 4.90 Å². The van der Waals surface area contributed by atoms with Gasteiger partial charge in [-0.2, -0.15) is 9.97 Å². The molecule has 2 aromatic heterocycles. The number of sulfonamides is 1. The standard InChI is InChI=1S/C11H11BrN4O4S/c1-19-9-4-10(20-2)15-11(14-9)16-21(17,18)8-3-7(12)5-13-6-8/h3-6H,1-2H3,(H,14,15,16). The second-order valence-electron chi connectivity index (χ2n) is 3.72. The van der Waals surface area contributed by atoms with E-state index in [4.69, 9.17) is 9.47 Å². The molecular weight excluding hydrogens is 364 g/mol. The summed E-state index contributed by atoms with van der Waals surface area (Å²) in [5.74, 6) is 0.185. The number of anilines is 1. The third-order valence-electron chi connectivity index (χ3n) is 2.31. The number of halogens is 1. The van der Waals surface area contributed by atoms with Gasteiger partial charge in [0.15, 0.2) is 0 Å². The van der Waals surface area contributed by atoms with Crippen LogP contribution in [0.15, 0.2) is 33.9 Å². The van der Waals surface area contributed by atoms with E-state index in [1.807, 2.05) is 0 Å². The largest absolute Gasteiger partial charge is 0.481 e. The van der Waals surface area contributed by atoms with E-state index >= 15 is 0 Å². The van der Waals surface area contributed by atoms with Crippen molar-refractivity contribution < 1.29 is 17.9 Å². The van der Waals surface area contributed by atoms with Crippen molar-refractivity contribution in [1.82, 2.24) is 15.0 Å². The predicted octanol–water partition coefficient (Wildman–Crippen LogP) is 1.45. The highest BCUT2D eigenvalue weighted by atomic mass is 79.9. The number of rotatable bonds is 5. The van der Waals surface area contributed by atoms with E-state index < -0.39 is 10.0 Å². The Morgan fingerprint density at radius 1 is 1.10 bits per heavy atom. The Balaban J connectivity index is 2.36. The van der Waals surface area contributed by atoms with Gasteiger partial charge in [0.05, 0.1) is 20.3 Å². The molecule has 0 amide bonds. The third-order valence-corrected chi connectivity index (χ3v) is 4.04. The SMILES string of the molecule is COc1cc(OC)nc(NS(=O)(=O)c2cncc(Br)c2)n1. The third kappa shape index (κ3) is 3.79. The lowest BCUT2D eigenvalue weighted by molar-refractivity contribution is 0.373. The van der Waals surface area contributed by atoms with Crippen molar-refractivity contribution in [2.75, 3.05) is 18.9 Å². The molecule has 1 N–H and O–H groups in total. The lowest BCUT2D eigenvalue weighted by Crippen LogP contribution is -2.15. The van der Waals surface area contributed by atoms with E-state index in [9.17, 15) is 8.42 Å². The Hall–Kier alpha value is -1.94. The van der Waals surface area contributed by atoms with Crippen molar-refractivity contribution >= 4 is 31.9 Å². The monoisotopic (exact) mass is 374 g/mol. The highest BCUT2D eigenvalue weighted by Crippen LogP contribution is 2.21. The molecule has 0 saturated carbocycles. The summed E-state index contributed by atoms with van der Waals surface area (Å²) in [4.78, 5) is 11.6. The molecule has 0 aromatic carbocycles. The lowest BCUT2D eigenvalue weighted by atomic mass is 10.5. The minimum Gasteiger partial charge on any atom is -0.481 e. The van der Waals surface area contributed by atoms with Crippen LogP contribution in [0.4, 0.5) is 5.95 Å². The first kappa shape index (κ1) is 15.4. The van der Waals surface area contributed by atoms with Gasteiger partial charge in [0.25, 0.3) is 10.0 Å². The maximum Gasteiger partial charge on any atom is 0.265 e. The van der Waals surface area contributed by atoms with Gasteiger partial charge in [-0.05, 0) is 22.0 Å². The Bertz CT molecular complexity index is 731. The molecule has 10 heteroatoms. The zero-order valence-electron chi connectivity index (χ0n) is 11.1. The average Bonchev–Trinajstić information content (AvgIpc) is 2.46. The van der Waals surface area contributed by atoms with Gasteiger partial charge in [-0.15, -0.1) is 0 Å². The number of methoxy groups -OCH3 is 2. The fourth-order valence-corrected chi connectivity index (χ4v) is 2.82. The molecule has 0 atom stereocenters. The summed E-state index contributed by atoms with van der Waals surface area (Å²) in [6.07, 6.45) is 2.69. The highest BCUT2D eigenvalue weighted by molar-refractivity contribution is 9.10. The van der Waals surface area contributed by atoms with Gasteiger partial charge in [-0.1, -0.05) is 0 Å². The Kier molecular flexibility index (Phi) is 4.58. The second kappa shape index (κ2) is 6.22. The molecule has 2 rings (SSSR count). The number of hydrogen-bond donors (Lipinski definition) is 1. The summed E-state index contributed by atoms with van der Waals surface area (Å²) in [6, 6.07) is 2.84. The first-order valence-corrected chi connectivity index (χ1v) is 7.82. The van der Waals surface area contributed by atoms with Gasteiger partial charge >= 0.3 is 0 Å². The minimum absolute atomic E-state index is 0.0257. The first-order chi connectivity index (χ1) is 9.94. The van der Waals surface area contributed by atoms with E-state index in [0.29, 0.717) is 4.47 Å². The van der Waals surface area contributed by atoms with Crippen molar-refractivity contribution in [3.05, 3.63) is 29.0 Å². The fraction of sp³-hybridized carbons (Fsp3) is 0.182. The van der Waals surface area contributed by atoms with Crippen molar-refractivity contribution in [1.29, 1.82) is 0 Å². The van der Waals surface area contributed by atoms with Crippen LogP contribution in [0, 0.1) is 0 Å². The predicted molar refractivity (Wildman–Crippen MR) is 77.9 cm³/mol. The summed E-state index contributed by atoms with van der Waals surface area (Å²) in [5, 5.41) is 0. The number of hydrogen-bond acceptors (Lipinski definition) is 7. The van der Waals surface area contributed by atoms with Crippen LogP contribution in [0.5, 0.6) is 11.8 Å². The van der Waals surface area contributed by atoms with E-state index in [0.717, 1.165) is 0 Å². The van der Waals surface area contributed by atoms with E-state index in [1.165, 1.54) is 38.7 Å². The smallest absolute Gasteiger partial charge is 0.265 e. The molecule has 8 nitrogen and oxygen atoms in total. The van der Waals surface area contributed by atoms with Crippen LogP contribution in [-0.2, 0) is 10.0 Å². The molecule has 21 heavy (non-hydrogen) atoms. The van der Waals surface area contributed by atoms with Gasteiger partial charge in [-0.25, -0.2) is 13.1 Å². The molecule has 0 spiro atoms. The van der Waals surface area contributed by atoms with E-state index in [-0.39, 0.29) is 22.6 Å². The average molecular weight is 375 g/mol. The highest BCUT2D eigenvalue weighted by Gasteiger charge is 2.18. The molecule has 0 radical (unpaired) electrons. The zero-order chi connectivity index (χ0) is 15.5. The molecule has 0 aliphatic heterocycles. The molecule has 0 aliphatic rings. The lowest BCUT2D eigenvalue weighted by Gasteiger charge is -2.09. The molecule has 112 valence electrons. The molecule has 0 saturated heterocycles. The number of aromatic nitrogens is 3. The molecule has 2 aromatic rings. The summed E-state index contributed by atoms with van der Waals surface area (Å²) in [7, 11) is -1.06. The van der Waals surface area contributed by atoms with Crippen LogP contribution in [0.3, 0.4) is 0 Å². The van der Waals surface area contributed by atoms with Gasteiger partial charge in [0.1, 0.15) is 4.90 Å². The van der Waals surface area contributed by atoms with Crippen molar-refractivity contribution in [2.24, 2.45) is 0 Å². The number of ether oxygens (including phenoxy) is 2. The van der Waals surface area contributed by atoms with Crippen LogP contribution < -0.4 is 14.2 Å². The van der Waals surface area contributed by atoms with Crippen LogP contribution in [-0.4, -0.2) is 37.6 Å². The Morgan fingerprint density at radius 3 is 2.24 bits per heavy atom. The maximum atomic E-state index is 12.2. The van der Waals surface area contributed by atoms with Crippen molar-refractivity contribution in [3.63, 3.8) is 0 Å². The zero-order valence-corrected chi connectivity index (χ0v) is 13.5. The molecular formula is C11H11BrN4O4S. The first-order valence-electron chi connectivity index (χ1n) is 5.55. The van der Waals surface area contributed by atoms with Crippen LogP contribution in [0.2, 0.25) is 0 Å². The maximum absolute atomic E-state index is 12.2. The fourth-order valence-electron chi connectivity index (χ4n) is 1.38. The van der Waals surface area contributed by atoms with E-state index in [1.54, 1.807) is 0 Å². The van der Waals surface area contributed by atoms with Gasteiger partial charge in [0, 0.05) is 16.9 Å². The van der Waals surface area contributed by atoms with Crippen LogP contribution in [0.25, 0.3) is 0 Å². The molecule has 0 aliphatic carbocycles. The number of nitrogens with one attached hydrogen (secondary N) is 1. The molecule has 0 fully saturated rings. The van der Waals surface area contributed by atoms with Gasteiger partial charge in [-0.3, -0.25) is 4.98 Å². The summed E-state index contributed by atoms with van der Waals surface area (Å²) in [6.45, 7) is 0. The summed E-state index contributed by atoms with van der Waals surface area (Å²) in [5.41, 5.74) is 0. The van der Waals surface area contributed by atoms with E-state index in [2.05, 4.69) is 35.6 Å². The number of nitrogens with zero attached hydrogens (tertiary/aromatic N) is 3. The van der Waals surface area contributed by atoms with Gasteiger partial charge in [0.2, 0.25) is 17.7 Å². The molecule has 0 bridgehead atoms. The molecule has 0 unspecified atom stereocenters. The number of pyridine rings is 1. The normalized spacial score (nSPS) is 11.0. The quantitative estimate of drug-likeness (QED) is 0.844. The van der Waals surface area contributed by atoms with Crippen molar-refractivity contribution in [3.8, 4) is 11.8 Å². The second-order valence-corrected chi connectivity index (χ2v) is 6.32. The minimum atomic E-state index is -3.86. The van der Waals surface area contributed by atoms with Crippen LogP contribution in [0.1, 0.15) is 0 Å². The summed E-state index contributed by atoms with van der Waals surface area (Å²) < 4.78 is 37.1. The van der Waals surface area contributed by atoms with Gasteiger partial charge < -0.3 is 9.47 Å². The van der Waals surface area contributed by atoms with Crippen LogP contribution >= 0.6 is 15.9 Å².